The molecule has 0 saturated carbocycles. The number of nitro benzene ring substituents is 1. The van der Waals surface area contributed by atoms with Gasteiger partial charge < -0.3 is 4.74 Å². The molecule has 1 aromatic rings. The number of methoxy groups -OCH3 is 1. The number of allylic oxidation sites excluding steroid dienone is 1. The third-order valence-corrected chi connectivity index (χ3v) is 1.76. The molecule has 4 heteroatoms. The third-order valence-electron chi connectivity index (χ3n) is 1.76. The van der Waals surface area contributed by atoms with Crippen molar-refractivity contribution < 1.29 is 9.66 Å². The van der Waals surface area contributed by atoms with Crippen LogP contribution in [0.3, 0.4) is 0 Å². The fourth-order valence-electron chi connectivity index (χ4n) is 1.13. The number of benzene rings is 1. The molecule has 0 aromatic heterocycles. The van der Waals surface area contributed by atoms with Gasteiger partial charge in [0.05, 0.1) is 18.3 Å². The van der Waals surface area contributed by atoms with Crippen molar-refractivity contribution in [3.63, 3.8) is 0 Å². The second kappa shape index (κ2) is 5.01. The van der Waals surface area contributed by atoms with E-state index in [0.717, 1.165) is 0 Å². The van der Waals surface area contributed by atoms with Gasteiger partial charge in [0.25, 0.3) is 5.69 Å². The minimum absolute atomic E-state index is 0.147. The number of rotatable bonds is 4. The van der Waals surface area contributed by atoms with Crippen LogP contribution >= 0.6 is 0 Å². The van der Waals surface area contributed by atoms with Crippen molar-refractivity contribution in [1.82, 2.24) is 0 Å². The monoisotopic (exact) mass is 193 g/mol. The van der Waals surface area contributed by atoms with Gasteiger partial charge in [-0.25, -0.2) is 0 Å². The van der Waals surface area contributed by atoms with Gasteiger partial charge in [0.15, 0.2) is 0 Å². The van der Waals surface area contributed by atoms with Gasteiger partial charge in [-0.05, 0) is 6.08 Å². The van der Waals surface area contributed by atoms with E-state index in [1.165, 1.54) is 19.4 Å². The fraction of sp³-hybridized carbons (Fsp3) is 0.200. The van der Waals surface area contributed by atoms with Gasteiger partial charge in [0, 0.05) is 18.1 Å². The zero-order valence-corrected chi connectivity index (χ0v) is 7.84. The highest BCUT2D eigenvalue weighted by Gasteiger charge is 2.09. The Hall–Kier alpha value is -1.84. The molecular weight excluding hydrogens is 182 g/mol. The van der Waals surface area contributed by atoms with Gasteiger partial charge in [0.2, 0.25) is 0 Å². The van der Waals surface area contributed by atoms with E-state index in [9.17, 15) is 10.1 Å². The van der Waals surface area contributed by atoms with E-state index in [2.05, 4.69) is 0 Å². The first kappa shape index (κ1) is 10.2. The minimum atomic E-state index is -0.379. The van der Waals surface area contributed by atoms with E-state index in [1.807, 2.05) is 0 Å². The molecular formula is C10H11NO3. The van der Waals surface area contributed by atoms with Crippen molar-refractivity contribution in [2.75, 3.05) is 7.11 Å². The summed E-state index contributed by atoms with van der Waals surface area (Å²) in [5, 5.41) is 10.6. The smallest absolute Gasteiger partial charge is 0.272 e. The largest absolute Gasteiger partial charge is 0.505 e. The second-order valence-electron chi connectivity index (χ2n) is 2.70. The van der Waals surface area contributed by atoms with Crippen LogP contribution in [0.2, 0.25) is 0 Å². The molecule has 74 valence electrons. The Bertz CT molecular complexity index is 347. The van der Waals surface area contributed by atoms with Crippen LogP contribution in [-0.4, -0.2) is 12.0 Å². The Balaban J connectivity index is 2.84. The van der Waals surface area contributed by atoms with Gasteiger partial charge in [-0.3, -0.25) is 10.1 Å². The van der Waals surface area contributed by atoms with Crippen LogP contribution in [0.1, 0.15) is 5.56 Å². The molecule has 0 N–H and O–H groups in total. The van der Waals surface area contributed by atoms with Crippen LogP contribution in [-0.2, 0) is 11.2 Å². The van der Waals surface area contributed by atoms with Crippen molar-refractivity contribution in [3.05, 3.63) is 52.3 Å². The molecule has 14 heavy (non-hydrogen) atoms. The summed E-state index contributed by atoms with van der Waals surface area (Å²) in [5.41, 5.74) is 0.832. The van der Waals surface area contributed by atoms with Gasteiger partial charge in [0.1, 0.15) is 0 Å². The van der Waals surface area contributed by atoms with E-state index in [4.69, 9.17) is 4.74 Å². The maximum Gasteiger partial charge on any atom is 0.272 e. The Labute approximate surface area is 82.0 Å². The second-order valence-corrected chi connectivity index (χ2v) is 2.70. The Morgan fingerprint density at radius 1 is 1.50 bits per heavy atom. The lowest BCUT2D eigenvalue weighted by molar-refractivity contribution is -0.385. The lowest BCUT2D eigenvalue weighted by Crippen LogP contribution is -1.93. The zero-order chi connectivity index (χ0) is 10.4. The molecule has 0 heterocycles. The highest BCUT2D eigenvalue weighted by molar-refractivity contribution is 5.40. The summed E-state index contributed by atoms with van der Waals surface area (Å²) in [7, 11) is 1.54. The van der Waals surface area contributed by atoms with Gasteiger partial charge >= 0.3 is 0 Å². The first-order chi connectivity index (χ1) is 6.75. The molecule has 1 aromatic carbocycles. The van der Waals surface area contributed by atoms with Crippen molar-refractivity contribution in [3.8, 4) is 0 Å². The standard InChI is InChI=1S/C10H11NO3/c1-14-8-4-6-9-5-2-3-7-10(9)11(12)13/h2-5,7-8H,6H2,1H3. The maximum atomic E-state index is 10.6. The number of nitrogens with zero attached hydrogens (tertiary/aromatic N) is 1. The van der Waals surface area contributed by atoms with Crippen LogP contribution in [0.4, 0.5) is 5.69 Å². The summed E-state index contributed by atoms with van der Waals surface area (Å²) < 4.78 is 4.71. The lowest BCUT2D eigenvalue weighted by atomic mass is 10.1. The van der Waals surface area contributed by atoms with Crippen LogP contribution < -0.4 is 0 Å². The number of hydrogen-bond acceptors (Lipinski definition) is 3. The molecule has 0 aliphatic carbocycles. The SMILES string of the molecule is COC=CCc1ccccc1[N+](=O)[O-]. The first-order valence-electron chi connectivity index (χ1n) is 4.16. The molecule has 0 bridgehead atoms. The van der Waals surface area contributed by atoms with Crippen molar-refractivity contribution in [2.45, 2.75) is 6.42 Å². The van der Waals surface area contributed by atoms with Crippen molar-refractivity contribution in [2.24, 2.45) is 0 Å². The van der Waals surface area contributed by atoms with Gasteiger partial charge in [-0.2, -0.15) is 0 Å². The predicted molar refractivity (Wildman–Crippen MR) is 52.9 cm³/mol. The minimum Gasteiger partial charge on any atom is -0.505 e. The van der Waals surface area contributed by atoms with Gasteiger partial charge in [-0.1, -0.05) is 18.2 Å². The average Bonchev–Trinajstić information content (AvgIpc) is 2.19. The molecule has 0 aliphatic heterocycles. The fourth-order valence-corrected chi connectivity index (χ4v) is 1.13. The van der Waals surface area contributed by atoms with Crippen LogP contribution in [0, 0.1) is 10.1 Å². The van der Waals surface area contributed by atoms with Crippen molar-refractivity contribution in [1.29, 1.82) is 0 Å². The summed E-state index contributed by atoms with van der Waals surface area (Å²) >= 11 is 0. The summed E-state index contributed by atoms with van der Waals surface area (Å²) in [6.45, 7) is 0. The quantitative estimate of drug-likeness (QED) is 0.419. The average molecular weight is 193 g/mol. The molecule has 0 radical (unpaired) electrons. The van der Waals surface area contributed by atoms with E-state index in [0.29, 0.717) is 12.0 Å². The topological polar surface area (TPSA) is 52.4 Å². The number of para-hydroxylation sites is 1. The van der Waals surface area contributed by atoms with E-state index in [-0.39, 0.29) is 10.6 Å². The number of nitro groups is 1. The molecule has 0 saturated heterocycles. The van der Waals surface area contributed by atoms with Crippen LogP contribution in [0.25, 0.3) is 0 Å². The first-order valence-corrected chi connectivity index (χ1v) is 4.16. The highest BCUT2D eigenvalue weighted by atomic mass is 16.6. The molecule has 1 rings (SSSR count). The Morgan fingerprint density at radius 3 is 2.86 bits per heavy atom. The van der Waals surface area contributed by atoms with E-state index < -0.39 is 0 Å². The predicted octanol–water partition coefficient (Wildman–Crippen LogP) is 2.30. The highest BCUT2D eigenvalue weighted by Crippen LogP contribution is 2.18. The molecule has 4 nitrogen and oxygen atoms in total. The molecule has 0 amide bonds. The van der Waals surface area contributed by atoms with Crippen LogP contribution in [0.5, 0.6) is 0 Å². The van der Waals surface area contributed by atoms with Crippen molar-refractivity contribution >= 4 is 5.69 Å². The van der Waals surface area contributed by atoms with E-state index >= 15 is 0 Å². The molecule has 0 fully saturated rings. The maximum absolute atomic E-state index is 10.6. The Morgan fingerprint density at radius 2 is 2.21 bits per heavy atom. The lowest BCUT2D eigenvalue weighted by Gasteiger charge is -1.98. The summed E-state index contributed by atoms with van der Waals surface area (Å²) in [4.78, 5) is 10.2. The molecule has 0 atom stereocenters. The summed E-state index contributed by atoms with van der Waals surface area (Å²) in [6.07, 6.45) is 3.75. The normalized spacial score (nSPS) is 10.4. The number of hydrogen-bond donors (Lipinski definition) is 0. The van der Waals surface area contributed by atoms with Crippen LogP contribution in [0.15, 0.2) is 36.6 Å². The summed E-state index contributed by atoms with van der Waals surface area (Å²) in [5.74, 6) is 0. The zero-order valence-electron chi connectivity index (χ0n) is 7.84. The molecule has 0 spiro atoms. The number of ether oxygens (including phenoxy) is 1. The molecule has 0 unspecified atom stereocenters. The third kappa shape index (κ3) is 2.58. The molecule has 0 aliphatic rings. The Kier molecular flexibility index (Phi) is 3.67. The summed E-state index contributed by atoms with van der Waals surface area (Å²) in [6, 6.07) is 6.67. The van der Waals surface area contributed by atoms with Gasteiger partial charge in [-0.15, -0.1) is 0 Å². The van der Waals surface area contributed by atoms with E-state index in [1.54, 1.807) is 24.3 Å².